The molecule has 1 aliphatic heterocycles. The molecule has 6 nitrogen and oxygen atoms in total. The van der Waals surface area contributed by atoms with Crippen LogP contribution in [0.1, 0.15) is 35.3 Å². The van der Waals surface area contributed by atoms with Crippen LogP contribution in [0.4, 0.5) is 24.5 Å². The maximum atomic E-state index is 13.2. The van der Waals surface area contributed by atoms with Gasteiger partial charge in [0.1, 0.15) is 5.75 Å². The molecule has 1 fully saturated rings. The van der Waals surface area contributed by atoms with Crippen LogP contribution in [0.15, 0.2) is 42.6 Å². The average Bonchev–Trinajstić information content (AvgIpc) is 2.74. The molecule has 4 rings (SSSR count). The lowest BCUT2D eigenvalue weighted by Crippen LogP contribution is -2.36. The summed E-state index contributed by atoms with van der Waals surface area (Å²) in [7, 11) is 0. The number of anilines is 2. The summed E-state index contributed by atoms with van der Waals surface area (Å²) in [6.07, 6.45) is -0.239. The zero-order chi connectivity index (χ0) is 22.0. The van der Waals surface area contributed by atoms with Crippen LogP contribution in [0.5, 0.6) is 5.75 Å². The molecule has 1 N–H and O–H groups in total. The summed E-state index contributed by atoms with van der Waals surface area (Å²) in [5.41, 5.74) is 2.70. The van der Waals surface area contributed by atoms with Gasteiger partial charge in [-0.2, -0.15) is 0 Å². The number of nitrogens with one attached hydrogen (secondary N) is 1. The lowest BCUT2D eigenvalue weighted by molar-refractivity contribution is -0.274. The fourth-order valence-corrected chi connectivity index (χ4v) is 3.62. The highest BCUT2D eigenvalue weighted by molar-refractivity contribution is 6.07. The topological polar surface area (TPSA) is 67.3 Å². The van der Waals surface area contributed by atoms with Gasteiger partial charge in [0.15, 0.2) is 5.65 Å². The van der Waals surface area contributed by atoms with Gasteiger partial charge in [-0.25, -0.2) is 9.97 Å². The summed E-state index contributed by atoms with van der Waals surface area (Å²) in [5, 5.41) is 3.84. The van der Waals surface area contributed by atoms with Gasteiger partial charge >= 0.3 is 6.36 Å². The number of piperidine rings is 1. The predicted octanol–water partition coefficient (Wildman–Crippen LogP) is 5.63. The van der Waals surface area contributed by atoms with Crippen molar-refractivity contribution < 1.29 is 22.7 Å². The van der Waals surface area contributed by atoms with E-state index >= 15 is 0 Å². The molecule has 0 atom stereocenters. The van der Waals surface area contributed by atoms with Crippen LogP contribution in [0.25, 0.3) is 11.0 Å². The van der Waals surface area contributed by atoms with Gasteiger partial charge in [0.2, 0.25) is 0 Å². The summed E-state index contributed by atoms with van der Waals surface area (Å²) < 4.78 is 41.2. The molecule has 0 bridgehead atoms. The first-order valence-electron chi connectivity index (χ1n) is 9.99. The molecule has 10 heteroatoms. The lowest BCUT2D eigenvalue weighted by atomic mass is 10.1. The third-order valence-electron chi connectivity index (χ3n) is 5.10. The van der Waals surface area contributed by atoms with Gasteiger partial charge in [0, 0.05) is 36.1 Å². The normalized spacial score (nSPS) is 14.1. The number of benzene rings is 1. The van der Waals surface area contributed by atoms with Gasteiger partial charge in [-0.3, -0.25) is 4.79 Å². The molecular weight excluding hydrogens is 445 g/mol. The number of amides is 1. The van der Waals surface area contributed by atoms with Crippen LogP contribution in [-0.4, -0.2) is 40.2 Å². The average molecular weight is 467 g/mol. The van der Waals surface area contributed by atoms with Crippen LogP contribution < -0.4 is 10.1 Å². The van der Waals surface area contributed by atoms with E-state index in [-0.39, 0.29) is 24.1 Å². The Labute approximate surface area is 189 Å². The van der Waals surface area contributed by atoms with E-state index in [1.165, 1.54) is 30.5 Å². The quantitative estimate of drug-likeness (QED) is 0.540. The van der Waals surface area contributed by atoms with Gasteiger partial charge in [0.05, 0.1) is 11.3 Å². The van der Waals surface area contributed by atoms with Crippen molar-refractivity contribution >= 4 is 40.7 Å². The number of pyridine rings is 2. The minimum atomic E-state index is -4.76. The Bertz CT molecular complexity index is 1100. The Kier molecular flexibility index (Phi) is 7.08. The van der Waals surface area contributed by atoms with Crippen molar-refractivity contribution in [1.29, 1.82) is 0 Å². The highest BCUT2D eigenvalue weighted by Gasteiger charge is 2.31. The molecule has 1 amide bonds. The third kappa shape index (κ3) is 5.40. The lowest BCUT2D eigenvalue weighted by Gasteiger charge is -2.27. The molecule has 170 valence electrons. The van der Waals surface area contributed by atoms with Crippen LogP contribution in [0, 0.1) is 6.92 Å². The van der Waals surface area contributed by atoms with E-state index in [2.05, 4.69) is 20.0 Å². The summed E-state index contributed by atoms with van der Waals surface area (Å²) in [6, 6.07) is 9.02. The summed E-state index contributed by atoms with van der Waals surface area (Å²) in [5.74, 6) is -0.450. The van der Waals surface area contributed by atoms with E-state index in [0.717, 1.165) is 25.0 Å². The molecule has 0 radical (unpaired) electrons. The molecule has 1 aliphatic rings. The molecule has 0 spiro atoms. The summed E-state index contributed by atoms with van der Waals surface area (Å²) in [6.45, 7) is 3.22. The first kappa shape index (κ1) is 23.6. The number of aryl methyl sites for hydroxylation is 1. The van der Waals surface area contributed by atoms with E-state index in [9.17, 15) is 18.0 Å². The number of ether oxygens (including phenoxy) is 1. The largest absolute Gasteiger partial charge is 0.573 e. The third-order valence-corrected chi connectivity index (χ3v) is 5.10. The van der Waals surface area contributed by atoms with Crippen LogP contribution in [0.3, 0.4) is 0 Å². The first-order chi connectivity index (χ1) is 14.8. The molecule has 1 saturated heterocycles. The second-order valence-electron chi connectivity index (χ2n) is 7.42. The van der Waals surface area contributed by atoms with Crippen LogP contribution in [0.2, 0.25) is 0 Å². The number of hydrogen-bond donors (Lipinski definition) is 1. The second-order valence-corrected chi connectivity index (χ2v) is 7.42. The van der Waals surface area contributed by atoms with Gasteiger partial charge in [-0.1, -0.05) is 0 Å². The standard InChI is InChI=1S/C22H21F3N4O2.ClH/c1-14-5-10-17-19(28-15-6-8-16(9-7-15)31-22(23,24)25)18(13-26-20(17)27-14)21(30)29-11-3-2-4-12-29;/h5-10,13H,2-4,11-12H2,1H3,(H,26,27,28);1H. The number of carbonyl (C=O) groups excluding carboxylic acids is 1. The fourth-order valence-electron chi connectivity index (χ4n) is 3.62. The van der Waals surface area contributed by atoms with Gasteiger partial charge in [0.25, 0.3) is 5.91 Å². The molecule has 3 heterocycles. The Morgan fingerprint density at radius 2 is 1.75 bits per heavy atom. The Hall–Kier alpha value is -3.07. The van der Waals surface area contributed by atoms with E-state index in [0.29, 0.717) is 41.1 Å². The van der Waals surface area contributed by atoms with E-state index in [4.69, 9.17) is 0 Å². The second kappa shape index (κ2) is 9.60. The SMILES string of the molecule is Cc1ccc2c(Nc3ccc(OC(F)(F)F)cc3)c(C(=O)N3CCCCC3)cnc2n1.Cl. The van der Waals surface area contributed by atoms with Crippen molar-refractivity contribution in [2.24, 2.45) is 0 Å². The Morgan fingerprint density at radius 3 is 2.41 bits per heavy atom. The molecule has 2 aromatic heterocycles. The number of likely N-dealkylation sites (tertiary alicyclic amines) is 1. The zero-order valence-corrected chi connectivity index (χ0v) is 18.1. The van der Waals surface area contributed by atoms with Gasteiger partial charge in [-0.05, 0) is 62.6 Å². The molecule has 3 aromatic rings. The van der Waals surface area contributed by atoms with E-state index in [1.54, 1.807) is 4.90 Å². The molecule has 0 saturated carbocycles. The van der Waals surface area contributed by atoms with Gasteiger partial charge < -0.3 is 15.0 Å². The predicted molar refractivity (Wildman–Crippen MR) is 118 cm³/mol. The highest BCUT2D eigenvalue weighted by atomic mass is 35.5. The molecular formula is C22H22ClF3N4O2. The first-order valence-corrected chi connectivity index (χ1v) is 9.99. The number of carbonyl (C=O) groups is 1. The minimum Gasteiger partial charge on any atom is -0.406 e. The Balaban J connectivity index is 0.00000289. The summed E-state index contributed by atoms with van der Waals surface area (Å²) in [4.78, 5) is 23.8. The van der Waals surface area contributed by atoms with Crippen molar-refractivity contribution in [3.63, 3.8) is 0 Å². The monoisotopic (exact) mass is 466 g/mol. The molecule has 0 unspecified atom stereocenters. The van der Waals surface area contributed by atoms with Crippen molar-refractivity contribution in [2.45, 2.75) is 32.5 Å². The highest BCUT2D eigenvalue weighted by Crippen LogP contribution is 2.31. The number of fused-ring (bicyclic) bond motifs is 1. The smallest absolute Gasteiger partial charge is 0.406 e. The van der Waals surface area contributed by atoms with Crippen LogP contribution >= 0.6 is 12.4 Å². The van der Waals surface area contributed by atoms with Crippen LogP contribution in [-0.2, 0) is 0 Å². The molecule has 0 aliphatic carbocycles. The number of rotatable bonds is 4. The van der Waals surface area contributed by atoms with Crippen molar-refractivity contribution in [3.05, 3.63) is 53.9 Å². The van der Waals surface area contributed by atoms with Crippen molar-refractivity contribution in [3.8, 4) is 5.75 Å². The number of halogens is 4. The van der Waals surface area contributed by atoms with Crippen molar-refractivity contribution in [1.82, 2.24) is 14.9 Å². The zero-order valence-electron chi connectivity index (χ0n) is 17.3. The number of nitrogens with zero attached hydrogens (tertiary/aromatic N) is 3. The van der Waals surface area contributed by atoms with Gasteiger partial charge in [-0.15, -0.1) is 25.6 Å². The molecule has 32 heavy (non-hydrogen) atoms. The maximum Gasteiger partial charge on any atom is 0.573 e. The van der Waals surface area contributed by atoms with E-state index in [1.807, 2.05) is 19.1 Å². The number of alkyl halides is 3. The number of hydrogen-bond acceptors (Lipinski definition) is 5. The maximum absolute atomic E-state index is 13.2. The van der Waals surface area contributed by atoms with E-state index < -0.39 is 6.36 Å². The van der Waals surface area contributed by atoms with Crippen molar-refractivity contribution in [2.75, 3.05) is 18.4 Å². The molecule has 1 aromatic carbocycles. The minimum absolute atomic E-state index is 0. The fraction of sp³-hybridized carbons (Fsp3) is 0.318. The Morgan fingerprint density at radius 1 is 1.06 bits per heavy atom. The summed E-state index contributed by atoms with van der Waals surface area (Å²) >= 11 is 0. The number of aromatic nitrogens is 2.